The number of carbonyl (C=O) groups is 2. The lowest BCUT2D eigenvalue weighted by Gasteiger charge is -2.05. The maximum Gasteiger partial charge on any atom is 0.263 e. The fourth-order valence-electron chi connectivity index (χ4n) is 1.41. The minimum atomic E-state index is -0.988. The average molecular weight is 361 g/mol. The zero-order valence-corrected chi connectivity index (χ0v) is 12.4. The number of hydrogen-bond acceptors (Lipinski definition) is 4. The maximum absolute atomic E-state index is 13.6. The largest absolute Gasteiger partial charge is 0.298 e. The normalized spacial score (nSPS) is 10.4. The molecule has 0 atom stereocenters. The number of benzene rings is 1. The summed E-state index contributed by atoms with van der Waals surface area (Å²) in [6, 6.07) is 1.97. The van der Waals surface area contributed by atoms with Gasteiger partial charge in [0.1, 0.15) is 22.9 Å². The van der Waals surface area contributed by atoms with Crippen molar-refractivity contribution in [3.05, 3.63) is 44.9 Å². The van der Waals surface area contributed by atoms with Crippen molar-refractivity contribution in [1.82, 2.24) is 4.98 Å². The molecule has 0 saturated carbocycles. The highest BCUT2D eigenvalue weighted by atomic mass is 79.9. The van der Waals surface area contributed by atoms with E-state index in [9.17, 15) is 18.4 Å². The molecule has 1 N–H and O–H groups in total. The Bertz CT molecular complexity index is 680. The number of nitrogens with one attached hydrogen (secondary N) is 1. The molecule has 2 aromatic rings. The van der Waals surface area contributed by atoms with Gasteiger partial charge in [-0.05, 0) is 12.1 Å². The molecule has 0 aliphatic carbocycles. The molecule has 0 unspecified atom stereocenters. The second kappa shape index (κ2) is 5.76. The number of nitrogens with zero attached hydrogens (tertiary/aromatic N) is 1. The zero-order valence-electron chi connectivity index (χ0n) is 10.0. The number of ketones is 1. The molecule has 0 radical (unpaired) electrons. The summed E-state index contributed by atoms with van der Waals surface area (Å²) in [6.45, 7) is 1.33. The number of carbonyl (C=O) groups excluding carboxylic acids is 2. The van der Waals surface area contributed by atoms with Gasteiger partial charge < -0.3 is 0 Å². The van der Waals surface area contributed by atoms with Crippen LogP contribution in [0.5, 0.6) is 0 Å². The predicted octanol–water partition coefficient (Wildman–Crippen LogP) is 3.64. The fraction of sp³-hybridized carbons (Fsp3) is 0.0833. The second-order valence-electron chi connectivity index (χ2n) is 3.79. The van der Waals surface area contributed by atoms with Gasteiger partial charge in [-0.3, -0.25) is 14.9 Å². The van der Waals surface area contributed by atoms with Crippen LogP contribution in [0, 0.1) is 11.6 Å². The maximum atomic E-state index is 13.6. The van der Waals surface area contributed by atoms with Crippen molar-refractivity contribution >= 4 is 44.1 Å². The van der Waals surface area contributed by atoms with E-state index in [-0.39, 0.29) is 21.1 Å². The molecule has 1 heterocycles. The molecule has 1 aromatic heterocycles. The minimum absolute atomic E-state index is 0.0990. The summed E-state index contributed by atoms with van der Waals surface area (Å²) >= 11 is 3.92. The van der Waals surface area contributed by atoms with E-state index in [1.165, 1.54) is 12.3 Å². The molecule has 8 heteroatoms. The lowest BCUT2D eigenvalue weighted by atomic mass is 10.2. The minimum Gasteiger partial charge on any atom is -0.298 e. The van der Waals surface area contributed by atoms with Crippen LogP contribution in [0.3, 0.4) is 0 Å². The van der Waals surface area contributed by atoms with Crippen molar-refractivity contribution < 1.29 is 18.4 Å². The third-order valence-electron chi connectivity index (χ3n) is 2.32. The first-order valence-corrected chi connectivity index (χ1v) is 6.98. The van der Waals surface area contributed by atoms with Crippen LogP contribution in [0.25, 0.3) is 0 Å². The first-order valence-electron chi connectivity index (χ1n) is 5.31. The summed E-state index contributed by atoms with van der Waals surface area (Å²) < 4.78 is 27.4. The van der Waals surface area contributed by atoms with Crippen molar-refractivity contribution in [2.45, 2.75) is 6.92 Å². The fourth-order valence-corrected chi connectivity index (χ4v) is 2.56. The number of halogens is 3. The van der Waals surface area contributed by atoms with Crippen LogP contribution in [0.4, 0.5) is 13.9 Å². The van der Waals surface area contributed by atoms with Crippen LogP contribution in [0.2, 0.25) is 0 Å². The van der Waals surface area contributed by atoms with Gasteiger partial charge in [0.2, 0.25) is 0 Å². The van der Waals surface area contributed by atoms with E-state index < -0.39 is 23.1 Å². The molecule has 0 aliphatic rings. The molecule has 2 rings (SSSR count). The molecule has 0 saturated heterocycles. The quantitative estimate of drug-likeness (QED) is 0.850. The van der Waals surface area contributed by atoms with Crippen LogP contribution >= 0.6 is 27.3 Å². The van der Waals surface area contributed by atoms with Crippen molar-refractivity contribution in [2.24, 2.45) is 0 Å². The van der Waals surface area contributed by atoms with Gasteiger partial charge in [0.15, 0.2) is 10.9 Å². The van der Waals surface area contributed by atoms with Crippen LogP contribution in [0.15, 0.2) is 22.0 Å². The van der Waals surface area contributed by atoms with Gasteiger partial charge in [0, 0.05) is 16.8 Å². The highest BCUT2D eigenvalue weighted by Gasteiger charge is 2.19. The summed E-state index contributed by atoms with van der Waals surface area (Å²) in [6.07, 6.45) is 0. The Morgan fingerprint density at radius 2 is 1.90 bits per heavy atom. The topological polar surface area (TPSA) is 59.1 Å². The van der Waals surface area contributed by atoms with Crippen molar-refractivity contribution in [3.63, 3.8) is 0 Å². The predicted molar refractivity (Wildman–Crippen MR) is 74.1 cm³/mol. The molecule has 1 amide bonds. The Morgan fingerprint density at radius 3 is 2.40 bits per heavy atom. The highest BCUT2D eigenvalue weighted by Crippen LogP contribution is 2.22. The third-order valence-corrected chi connectivity index (χ3v) is 3.53. The van der Waals surface area contributed by atoms with E-state index >= 15 is 0 Å². The van der Waals surface area contributed by atoms with Gasteiger partial charge >= 0.3 is 0 Å². The number of rotatable bonds is 3. The SMILES string of the molecule is CC(=O)c1csc(NC(=O)c2c(F)cc(Br)cc2F)n1. The van der Waals surface area contributed by atoms with Gasteiger partial charge in [-0.25, -0.2) is 13.8 Å². The Labute approximate surface area is 125 Å². The van der Waals surface area contributed by atoms with Crippen molar-refractivity contribution in [1.29, 1.82) is 0 Å². The summed E-state index contributed by atoms with van der Waals surface area (Å²) in [5, 5.41) is 3.81. The highest BCUT2D eigenvalue weighted by molar-refractivity contribution is 9.10. The Hall–Kier alpha value is -1.67. The molecule has 0 fully saturated rings. The summed E-state index contributed by atoms with van der Waals surface area (Å²) in [4.78, 5) is 26.7. The molecule has 104 valence electrons. The smallest absolute Gasteiger partial charge is 0.263 e. The van der Waals surface area contributed by atoms with Crippen LogP contribution < -0.4 is 5.32 Å². The van der Waals surface area contributed by atoms with Crippen molar-refractivity contribution in [3.8, 4) is 0 Å². The molecule has 1 aromatic carbocycles. The first kappa shape index (κ1) is 14.7. The molecular formula is C12H7BrF2N2O2S. The van der Waals surface area contributed by atoms with E-state index in [2.05, 4.69) is 26.2 Å². The third kappa shape index (κ3) is 3.07. The van der Waals surface area contributed by atoms with Gasteiger partial charge in [-0.2, -0.15) is 0 Å². The molecule has 0 bridgehead atoms. The number of anilines is 1. The number of thiazole rings is 1. The summed E-state index contributed by atoms with van der Waals surface area (Å²) in [5.41, 5.74) is -0.519. The van der Waals surface area contributed by atoms with Gasteiger partial charge in [-0.15, -0.1) is 11.3 Å². The van der Waals surface area contributed by atoms with E-state index in [0.717, 1.165) is 23.5 Å². The van der Waals surface area contributed by atoms with Crippen LogP contribution in [0.1, 0.15) is 27.8 Å². The Balaban J connectivity index is 2.26. The lowest BCUT2D eigenvalue weighted by molar-refractivity contribution is 0.1000. The van der Waals surface area contributed by atoms with Gasteiger partial charge in [-0.1, -0.05) is 15.9 Å². The van der Waals surface area contributed by atoms with Gasteiger partial charge in [0.05, 0.1) is 0 Å². The van der Waals surface area contributed by atoms with E-state index in [0.29, 0.717) is 0 Å². The zero-order chi connectivity index (χ0) is 14.9. The Morgan fingerprint density at radius 1 is 1.30 bits per heavy atom. The monoisotopic (exact) mass is 360 g/mol. The second-order valence-corrected chi connectivity index (χ2v) is 5.57. The van der Waals surface area contributed by atoms with E-state index in [1.54, 1.807) is 0 Å². The molecule has 0 aliphatic heterocycles. The molecular weight excluding hydrogens is 354 g/mol. The number of Topliss-reactive ketones (excluding diaryl/α,β-unsaturated/α-hetero) is 1. The number of amides is 1. The first-order chi connectivity index (χ1) is 9.38. The lowest BCUT2D eigenvalue weighted by Crippen LogP contribution is -2.16. The van der Waals surface area contributed by atoms with E-state index in [1.807, 2.05) is 0 Å². The summed E-state index contributed by atoms with van der Waals surface area (Å²) in [5.74, 6) is -3.20. The number of hydrogen-bond donors (Lipinski definition) is 1. The molecule has 20 heavy (non-hydrogen) atoms. The number of aromatic nitrogens is 1. The summed E-state index contributed by atoms with van der Waals surface area (Å²) in [7, 11) is 0. The molecule has 4 nitrogen and oxygen atoms in total. The average Bonchev–Trinajstić information content (AvgIpc) is 2.75. The van der Waals surface area contributed by atoms with Crippen LogP contribution in [-0.2, 0) is 0 Å². The standard InChI is InChI=1S/C12H7BrF2N2O2S/c1-5(18)9-4-20-12(16-9)17-11(19)10-7(14)2-6(13)3-8(10)15/h2-4H,1H3,(H,16,17,19). The van der Waals surface area contributed by atoms with Gasteiger partial charge in [0.25, 0.3) is 5.91 Å². The van der Waals surface area contributed by atoms with Crippen LogP contribution in [-0.4, -0.2) is 16.7 Å². The molecule has 0 spiro atoms. The van der Waals surface area contributed by atoms with E-state index in [4.69, 9.17) is 0 Å². The van der Waals surface area contributed by atoms with Crippen molar-refractivity contribution in [2.75, 3.05) is 5.32 Å². The Kier molecular flexibility index (Phi) is 4.24.